The van der Waals surface area contributed by atoms with Crippen LogP contribution in [-0.2, 0) is 11.3 Å². The van der Waals surface area contributed by atoms with Crippen LogP contribution in [0.4, 0.5) is 23.0 Å². The Labute approximate surface area is 182 Å². The lowest BCUT2D eigenvalue weighted by molar-refractivity contribution is -0.115. The summed E-state index contributed by atoms with van der Waals surface area (Å²) in [4.78, 5) is 39.4. The molecule has 4 rings (SSSR count). The maximum Gasteiger partial charge on any atom is 0.291 e. The molecule has 0 aliphatic carbocycles. The number of nitrogen functional groups attached to an aromatic ring is 1. The Morgan fingerprint density at radius 3 is 2.58 bits per heavy atom. The fourth-order valence-corrected chi connectivity index (χ4v) is 4.08. The van der Waals surface area contributed by atoms with E-state index in [0.29, 0.717) is 24.6 Å². The minimum absolute atomic E-state index is 0.0396. The Hall–Kier alpha value is -3.36. The number of fused-ring (bicyclic) bond motifs is 1. The highest BCUT2D eigenvalue weighted by atomic mass is 16.2. The number of hydrogen-bond acceptors (Lipinski definition) is 7. The minimum atomic E-state index is -0.289. The topological polar surface area (TPSA) is 108 Å². The summed E-state index contributed by atoms with van der Waals surface area (Å²) < 4.78 is 0. The molecule has 1 saturated heterocycles. The van der Waals surface area contributed by atoms with E-state index in [4.69, 9.17) is 5.73 Å². The zero-order valence-electron chi connectivity index (χ0n) is 18.1. The van der Waals surface area contributed by atoms with Crippen molar-refractivity contribution in [2.24, 2.45) is 0 Å². The molecule has 3 N–H and O–H groups in total. The van der Waals surface area contributed by atoms with Crippen LogP contribution in [0.15, 0.2) is 24.3 Å². The van der Waals surface area contributed by atoms with Gasteiger partial charge in [0, 0.05) is 38.9 Å². The van der Waals surface area contributed by atoms with Crippen molar-refractivity contribution in [1.82, 2.24) is 14.9 Å². The van der Waals surface area contributed by atoms with Crippen molar-refractivity contribution >= 4 is 34.8 Å². The van der Waals surface area contributed by atoms with Gasteiger partial charge >= 0.3 is 0 Å². The van der Waals surface area contributed by atoms with E-state index in [-0.39, 0.29) is 30.0 Å². The molecule has 0 saturated carbocycles. The number of nitrogens with zero attached hydrogens (tertiary/aromatic N) is 5. The number of nitrogens with one attached hydrogen (secondary N) is 1. The molecule has 31 heavy (non-hydrogen) atoms. The Morgan fingerprint density at radius 1 is 1.19 bits per heavy atom. The van der Waals surface area contributed by atoms with Gasteiger partial charge in [-0.1, -0.05) is 19.1 Å². The predicted octanol–water partition coefficient (Wildman–Crippen LogP) is 2.10. The van der Waals surface area contributed by atoms with Crippen LogP contribution in [0.5, 0.6) is 0 Å². The molecule has 0 spiro atoms. The number of aromatic nitrogens is 2. The van der Waals surface area contributed by atoms with E-state index in [2.05, 4.69) is 44.5 Å². The number of rotatable bonds is 6. The van der Waals surface area contributed by atoms with Gasteiger partial charge in [-0.15, -0.1) is 0 Å². The van der Waals surface area contributed by atoms with Gasteiger partial charge in [0.25, 0.3) is 5.91 Å². The van der Waals surface area contributed by atoms with Gasteiger partial charge in [0.05, 0.1) is 6.54 Å². The van der Waals surface area contributed by atoms with E-state index in [0.717, 1.165) is 25.1 Å². The first-order chi connectivity index (χ1) is 15.0. The number of nitrogens with two attached hydrogens (primary N) is 1. The molecule has 1 fully saturated rings. The molecular weight excluding hydrogens is 394 g/mol. The Bertz CT molecular complexity index is 971. The molecule has 164 valence electrons. The van der Waals surface area contributed by atoms with Crippen molar-refractivity contribution < 1.29 is 9.59 Å². The third kappa shape index (κ3) is 4.40. The van der Waals surface area contributed by atoms with Gasteiger partial charge in [-0.05, 0) is 37.0 Å². The minimum Gasteiger partial charge on any atom is -0.382 e. The van der Waals surface area contributed by atoms with Gasteiger partial charge in [-0.25, -0.2) is 9.97 Å². The van der Waals surface area contributed by atoms with Crippen molar-refractivity contribution in [3.05, 3.63) is 35.7 Å². The maximum atomic E-state index is 12.7. The van der Waals surface area contributed by atoms with Crippen LogP contribution in [0.3, 0.4) is 0 Å². The number of amides is 2. The van der Waals surface area contributed by atoms with Crippen LogP contribution in [-0.4, -0.2) is 59.9 Å². The average Bonchev–Trinajstić information content (AvgIpc) is 3.29. The summed E-state index contributed by atoms with van der Waals surface area (Å²) in [5.41, 5.74) is 8.73. The lowest BCUT2D eigenvalue weighted by Crippen LogP contribution is -2.40. The highest BCUT2D eigenvalue weighted by molar-refractivity contribution is 6.04. The normalized spacial score (nSPS) is 15.6. The highest BCUT2D eigenvalue weighted by Crippen LogP contribution is 2.33. The standard InChI is InChI=1S/C22H29N7O2/c1-3-10-27(2)22(31)20-25-19(23)18-21(26-20)29(14-17(30)24-18)13-15-6-8-16(9-7-15)28-11-4-5-12-28/h6-9H,3-5,10-14H2,1-2H3,(H,24,30)(H2,23,25,26). The lowest BCUT2D eigenvalue weighted by atomic mass is 10.1. The van der Waals surface area contributed by atoms with Crippen LogP contribution >= 0.6 is 0 Å². The number of benzene rings is 1. The molecule has 2 amide bonds. The molecule has 9 heteroatoms. The van der Waals surface area contributed by atoms with Crippen LogP contribution in [0, 0.1) is 0 Å². The van der Waals surface area contributed by atoms with Gasteiger partial charge in [0.1, 0.15) is 5.69 Å². The van der Waals surface area contributed by atoms with Crippen molar-refractivity contribution in [3.8, 4) is 0 Å². The van der Waals surface area contributed by atoms with E-state index in [1.54, 1.807) is 11.9 Å². The van der Waals surface area contributed by atoms with Crippen molar-refractivity contribution in [2.75, 3.05) is 54.1 Å². The van der Waals surface area contributed by atoms with Crippen LogP contribution in [0.2, 0.25) is 0 Å². The third-order valence-electron chi connectivity index (χ3n) is 5.69. The first kappa shape index (κ1) is 20.9. The molecule has 0 radical (unpaired) electrons. The van der Waals surface area contributed by atoms with Gasteiger partial charge < -0.3 is 25.8 Å². The fourth-order valence-electron chi connectivity index (χ4n) is 4.08. The molecule has 2 aliphatic heterocycles. The van der Waals surface area contributed by atoms with Crippen molar-refractivity contribution in [1.29, 1.82) is 0 Å². The summed E-state index contributed by atoms with van der Waals surface area (Å²) in [6, 6.07) is 8.39. The summed E-state index contributed by atoms with van der Waals surface area (Å²) in [7, 11) is 1.71. The second-order valence-electron chi connectivity index (χ2n) is 8.12. The molecule has 2 aromatic rings. The van der Waals surface area contributed by atoms with Crippen molar-refractivity contribution in [2.45, 2.75) is 32.7 Å². The predicted molar refractivity (Wildman–Crippen MR) is 121 cm³/mol. The first-order valence-corrected chi connectivity index (χ1v) is 10.8. The van der Waals surface area contributed by atoms with E-state index >= 15 is 0 Å². The largest absolute Gasteiger partial charge is 0.382 e. The van der Waals surface area contributed by atoms with E-state index in [1.807, 2.05) is 11.8 Å². The third-order valence-corrected chi connectivity index (χ3v) is 5.69. The summed E-state index contributed by atoms with van der Waals surface area (Å²) in [6.45, 7) is 5.41. The molecule has 1 aromatic heterocycles. The zero-order valence-corrected chi connectivity index (χ0v) is 18.1. The number of anilines is 4. The quantitative estimate of drug-likeness (QED) is 0.732. The van der Waals surface area contributed by atoms with Crippen molar-refractivity contribution in [3.63, 3.8) is 0 Å². The van der Waals surface area contributed by atoms with Gasteiger partial charge in [0.15, 0.2) is 11.6 Å². The molecule has 0 atom stereocenters. The van der Waals surface area contributed by atoms with Gasteiger partial charge in [0.2, 0.25) is 11.7 Å². The van der Waals surface area contributed by atoms with Crippen LogP contribution in [0.25, 0.3) is 0 Å². The van der Waals surface area contributed by atoms with E-state index < -0.39 is 0 Å². The van der Waals surface area contributed by atoms with E-state index in [1.165, 1.54) is 18.5 Å². The van der Waals surface area contributed by atoms with Crippen LogP contribution < -0.4 is 20.9 Å². The Morgan fingerprint density at radius 2 is 1.90 bits per heavy atom. The average molecular weight is 424 g/mol. The maximum absolute atomic E-state index is 12.7. The molecule has 3 heterocycles. The van der Waals surface area contributed by atoms with Crippen LogP contribution in [0.1, 0.15) is 42.4 Å². The smallest absolute Gasteiger partial charge is 0.291 e. The van der Waals surface area contributed by atoms with Gasteiger partial charge in [-0.3, -0.25) is 9.59 Å². The van der Waals surface area contributed by atoms with Gasteiger partial charge in [-0.2, -0.15) is 0 Å². The summed E-state index contributed by atoms with van der Waals surface area (Å²) in [5, 5.41) is 2.75. The fraction of sp³-hybridized carbons (Fsp3) is 0.455. The Balaban J connectivity index is 1.59. The summed E-state index contributed by atoms with van der Waals surface area (Å²) in [5.74, 6) is 0.143. The SMILES string of the molecule is CCCN(C)C(=O)c1nc(N)c2c(n1)N(Cc1ccc(N3CCCC3)cc1)CC(=O)N2. The number of carbonyl (C=O) groups excluding carboxylic acids is 2. The molecular formula is C22H29N7O2. The Kier molecular flexibility index (Phi) is 5.92. The first-order valence-electron chi connectivity index (χ1n) is 10.8. The molecule has 0 unspecified atom stereocenters. The number of hydrogen-bond donors (Lipinski definition) is 2. The second-order valence-corrected chi connectivity index (χ2v) is 8.12. The van der Waals surface area contributed by atoms with E-state index in [9.17, 15) is 9.59 Å². The molecule has 0 bridgehead atoms. The zero-order chi connectivity index (χ0) is 22.0. The lowest BCUT2D eigenvalue weighted by Gasteiger charge is -2.30. The summed E-state index contributed by atoms with van der Waals surface area (Å²) in [6.07, 6.45) is 3.30. The number of carbonyl (C=O) groups is 2. The highest BCUT2D eigenvalue weighted by Gasteiger charge is 2.29. The second kappa shape index (κ2) is 8.79. The molecule has 2 aliphatic rings. The summed E-state index contributed by atoms with van der Waals surface area (Å²) >= 11 is 0. The molecule has 9 nitrogen and oxygen atoms in total. The molecule has 1 aromatic carbocycles. The monoisotopic (exact) mass is 423 g/mol.